The number of benzene rings is 2. The van der Waals surface area contributed by atoms with Gasteiger partial charge < -0.3 is 4.42 Å². The first-order valence-corrected chi connectivity index (χ1v) is 7.50. The molecule has 0 spiro atoms. The summed E-state index contributed by atoms with van der Waals surface area (Å²) >= 11 is 6.04. The van der Waals surface area contributed by atoms with E-state index in [0.29, 0.717) is 35.5 Å². The fraction of sp³-hybridized carbons (Fsp3) is 0.176. The number of hydrogen-bond acceptors (Lipinski definition) is 4. The largest absolute Gasteiger partial charge is 0.419 e. The third-order valence-electron chi connectivity index (χ3n) is 3.38. The molecule has 0 aliphatic carbocycles. The van der Waals surface area contributed by atoms with Crippen LogP contribution in [-0.2, 0) is 13.1 Å². The van der Waals surface area contributed by atoms with Gasteiger partial charge in [-0.3, -0.25) is 4.90 Å². The quantitative estimate of drug-likeness (QED) is 0.704. The fourth-order valence-corrected chi connectivity index (χ4v) is 2.48. The van der Waals surface area contributed by atoms with Crippen LogP contribution in [0.3, 0.4) is 0 Å². The molecular formula is C17H15ClFN3O. The molecule has 0 aliphatic rings. The van der Waals surface area contributed by atoms with Crippen molar-refractivity contribution >= 4 is 11.6 Å². The Hall–Kier alpha value is -2.24. The molecule has 0 atom stereocenters. The minimum atomic E-state index is -0.320. The van der Waals surface area contributed by atoms with Crippen molar-refractivity contribution in [2.45, 2.75) is 13.1 Å². The van der Waals surface area contributed by atoms with E-state index in [1.54, 1.807) is 12.1 Å². The fourth-order valence-electron chi connectivity index (χ4n) is 2.25. The second-order valence-electron chi connectivity index (χ2n) is 5.24. The lowest BCUT2D eigenvalue weighted by Crippen LogP contribution is -2.18. The van der Waals surface area contributed by atoms with Crippen LogP contribution in [0, 0.1) is 5.82 Å². The highest BCUT2D eigenvalue weighted by molar-refractivity contribution is 6.31. The second kappa shape index (κ2) is 6.89. The molecule has 0 saturated carbocycles. The van der Waals surface area contributed by atoms with Gasteiger partial charge in [-0.25, -0.2) is 4.39 Å². The van der Waals surface area contributed by atoms with Gasteiger partial charge in [0.25, 0.3) is 0 Å². The minimum Gasteiger partial charge on any atom is -0.419 e. The van der Waals surface area contributed by atoms with Gasteiger partial charge in [0.15, 0.2) is 0 Å². The van der Waals surface area contributed by atoms with Gasteiger partial charge in [0, 0.05) is 22.7 Å². The Kier molecular flexibility index (Phi) is 4.69. The van der Waals surface area contributed by atoms with Gasteiger partial charge in [-0.2, -0.15) is 0 Å². The number of aromatic nitrogens is 2. The average molecular weight is 332 g/mol. The van der Waals surface area contributed by atoms with E-state index in [1.807, 2.05) is 42.3 Å². The SMILES string of the molecule is CN(Cc1nnc(-c2ccccc2)o1)Cc1c(F)cccc1Cl. The van der Waals surface area contributed by atoms with Crippen LogP contribution in [0.1, 0.15) is 11.5 Å². The maximum absolute atomic E-state index is 13.8. The van der Waals surface area contributed by atoms with Crippen LogP contribution in [0.4, 0.5) is 4.39 Å². The Labute approximate surface area is 138 Å². The molecule has 0 fully saturated rings. The zero-order valence-electron chi connectivity index (χ0n) is 12.5. The lowest BCUT2D eigenvalue weighted by atomic mass is 10.2. The van der Waals surface area contributed by atoms with E-state index in [-0.39, 0.29) is 5.82 Å². The number of hydrogen-bond donors (Lipinski definition) is 0. The van der Waals surface area contributed by atoms with E-state index < -0.39 is 0 Å². The molecule has 23 heavy (non-hydrogen) atoms. The Bertz CT molecular complexity index is 771. The number of rotatable bonds is 5. The van der Waals surface area contributed by atoms with Crippen molar-refractivity contribution in [1.29, 1.82) is 0 Å². The summed E-state index contributed by atoms with van der Waals surface area (Å²) in [6, 6.07) is 14.2. The highest BCUT2D eigenvalue weighted by atomic mass is 35.5. The van der Waals surface area contributed by atoms with E-state index in [9.17, 15) is 4.39 Å². The maximum atomic E-state index is 13.8. The van der Waals surface area contributed by atoms with E-state index in [2.05, 4.69) is 10.2 Å². The van der Waals surface area contributed by atoms with Gasteiger partial charge in [-0.1, -0.05) is 35.9 Å². The van der Waals surface area contributed by atoms with Crippen LogP contribution >= 0.6 is 11.6 Å². The van der Waals surface area contributed by atoms with E-state index in [0.717, 1.165) is 5.56 Å². The standard InChI is InChI=1S/C17H15ClFN3O/c1-22(10-13-14(18)8-5-9-15(13)19)11-16-20-21-17(23-16)12-6-3-2-4-7-12/h2-9H,10-11H2,1H3. The predicted molar refractivity (Wildman–Crippen MR) is 86.3 cm³/mol. The van der Waals surface area contributed by atoms with Crippen molar-refractivity contribution in [1.82, 2.24) is 15.1 Å². The number of halogens is 2. The Morgan fingerprint density at radius 1 is 1.04 bits per heavy atom. The third-order valence-corrected chi connectivity index (χ3v) is 3.74. The molecule has 0 bridgehead atoms. The summed E-state index contributed by atoms with van der Waals surface area (Å²) in [5.74, 6) is 0.622. The van der Waals surface area contributed by atoms with Gasteiger partial charge >= 0.3 is 0 Å². The summed E-state index contributed by atoms with van der Waals surface area (Å²) < 4.78 is 19.5. The smallest absolute Gasteiger partial charge is 0.247 e. The molecule has 4 nitrogen and oxygen atoms in total. The lowest BCUT2D eigenvalue weighted by Gasteiger charge is -2.15. The van der Waals surface area contributed by atoms with Crippen LogP contribution in [0.25, 0.3) is 11.5 Å². The maximum Gasteiger partial charge on any atom is 0.247 e. The molecule has 0 radical (unpaired) electrons. The summed E-state index contributed by atoms with van der Waals surface area (Å²) in [5.41, 5.74) is 1.32. The van der Waals surface area contributed by atoms with Crippen molar-refractivity contribution in [2.24, 2.45) is 0 Å². The predicted octanol–water partition coefficient (Wildman–Crippen LogP) is 4.16. The molecule has 0 N–H and O–H groups in total. The van der Waals surface area contributed by atoms with Gasteiger partial charge in [0.05, 0.1) is 6.54 Å². The van der Waals surface area contributed by atoms with Crippen molar-refractivity contribution in [3.05, 3.63) is 70.8 Å². The first kappa shape index (κ1) is 15.6. The van der Waals surface area contributed by atoms with E-state index >= 15 is 0 Å². The van der Waals surface area contributed by atoms with Crippen molar-refractivity contribution in [3.8, 4) is 11.5 Å². The first-order chi connectivity index (χ1) is 11.1. The molecule has 3 aromatic rings. The van der Waals surface area contributed by atoms with Gasteiger partial charge in [0.2, 0.25) is 11.8 Å². The number of nitrogens with zero attached hydrogens (tertiary/aromatic N) is 3. The zero-order valence-corrected chi connectivity index (χ0v) is 13.3. The van der Waals surface area contributed by atoms with E-state index in [4.69, 9.17) is 16.0 Å². The molecule has 0 saturated heterocycles. The molecule has 2 aromatic carbocycles. The zero-order chi connectivity index (χ0) is 16.2. The van der Waals surface area contributed by atoms with E-state index in [1.165, 1.54) is 6.07 Å². The molecule has 6 heteroatoms. The van der Waals surface area contributed by atoms with Gasteiger partial charge in [-0.05, 0) is 31.3 Å². The summed E-state index contributed by atoms with van der Waals surface area (Å²) in [6.45, 7) is 0.763. The molecule has 1 aromatic heterocycles. The Morgan fingerprint density at radius 3 is 2.57 bits per heavy atom. The molecule has 118 valence electrons. The van der Waals surface area contributed by atoms with Crippen LogP contribution < -0.4 is 0 Å². The average Bonchev–Trinajstić information content (AvgIpc) is 3.00. The highest BCUT2D eigenvalue weighted by Gasteiger charge is 2.13. The van der Waals surface area contributed by atoms with Gasteiger partial charge in [-0.15, -0.1) is 10.2 Å². The Morgan fingerprint density at radius 2 is 1.83 bits per heavy atom. The monoisotopic (exact) mass is 331 g/mol. The van der Waals surface area contributed by atoms with Gasteiger partial charge in [0.1, 0.15) is 5.82 Å². The molecule has 0 unspecified atom stereocenters. The van der Waals surface area contributed by atoms with Crippen LogP contribution in [0.5, 0.6) is 0 Å². The van der Waals surface area contributed by atoms with Crippen molar-refractivity contribution in [2.75, 3.05) is 7.05 Å². The Balaban J connectivity index is 1.69. The summed E-state index contributed by atoms with van der Waals surface area (Å²) in [7, 11) is 1.84. The summed E-state index contributed by atoms with van der Waals surface area (Å²) in [5, 5.41) is 8.48. The van der Waals surface area contributed by atoms with Crippen molar-refractivity contribution in [3.63, 3.8) is 0 Å². The van der Waals surface area contributed by atoms with Crippen LogP contribution in [0.2, 0.25) is 5.02 Å². The summed E-state index contributed by atoms with van der Waals surface area (Å²) in [6.07, 6.45) is 0. The molecular weight excluding hydrogens is 317 g/mol. The highest BCUT2D eigenvalue weighted by Crippen LogP contribution is 2.22. The molecule has 1 heterocycles. The normalized spacial score (nSPS) is 11.1. The summed E-state index contributed by atoms with van der Waals surface area (Å²) in [4.78, 5) is 1.87. The van der Waals surface area contributed by atoms with Crippen molar-refractivity contribution < 1.29 is 8.81 Å². The van der Waals surface area contributed by atoms with Crippen LogP contribution in [0.15, 0.2) is 52.9 Å². The topological polar surface area (TPSA) is 42.2 Å². The first-order valence-electron chi connectivity index (χ1n) is 7.12. The molecule has 0 aliphatic heterocycles. The molecule has 3 rings (SSSR count). The third kappa shape index (κ3) is 3.75. The second-order valence-corrected chi connectivity index (χ2v) is 5.65. The van der Waals surface area contributed by atoms with Crippen LogP contribution in [-0.4, -0.2) is 22.1 Å². The molecule has 0 amide bonds. The minimum absolute atomic E-state index is 0.320. The lowest BCUT2D eigenvalue weighted by molar-refractivity contribution is 0.279.